The number of aromatic nitrogens is 1. The number of rotatable bonds is 6. The van der Waals surface area contributed by atoms with E-state index in [0.717, 1.165) is 37.0 Å². The van der Waals surface area contributed by atoms with Gasteiger partial charge in [-0.15, -0.1) is 0 Å². The molecule has 112 valence electrons. The lowest BCUT2D eigenvalue weighted by molar-refractivity contribution is 0.130. The molecule has 0 spiro atoms. The third-order valence-corrected chi connectivity index (χ3v) is 4.00. The highest BCUT2D eigenvalue weighted by atomic mass is 16.5. The Morgan fingerprint density at radius 3 is 2.70 bits per heavy atom. The van der Waals surface area contributed by atoms with E-state index in [1.165, 1.54) is 31.2 Å². The number of hydrogen-bond donors (Lipinski definition) is 1. The summed E-state index contributed by atoms with van der Waals surface area (Å²) in [5.74, 6) is 1.66. The van der Waals surface area contributed by atoms with Crippen molar-refractivity contribution in [3.63, 3.8) is 0 Å². The highest BCUT2D eigenvalue weighted by Crippen LogP contribution is 2.27. The molecule has 1 aliphatic rings. The molecule has 0 amide bonds. The molecule has 3 nitrogen and oxygen atoms in total. The van der Waals surface area contributed by atoms with Crippen molar-refractivity contribution in [2.75, 3.05) is 6.54 Å². The molecule has 0 bridgehead atoms. The normalized spacial score (nSPS) is 22.8. The van der Waals surface area contributed by atoms with Crippen LogP contribution >= 0.6 is 0 Å². The van der Waals surface area contributed by atoms with E-state index in [1.54, 1.807) is 0 Å². The molecule has 0 saturated heterocycles. The minimum Gasteiger partial charge on any atom is -0.474 e. The van der Waals surface area contributed by atoms with Gasteiger partial charge in [0, 0.05) is 18.3 Å². The standard InChI is InChI=1S/C17H28N2O/c1-4-9-18-12-15-10-14(3)19-17(11-15)20-16-7-5-13(2)6-8-16/h10-11,13,16,18H,4-9,12H2,1-3H3. The Hall–Kier alpha value is -1.09. The average molecular weight is 276 g/mol. The summed E-state index contributed by atoms with van der Waals surface area (Å²) in [4.78, 5) is 4.53. The summed E-state index contributed by atoms with van der Waals surface area (Å²) in [6.45, 7) is 8.51. The summed E-state index contributed by atoms with van der Waals surface area (Å²) in [6, 6.07) is 4.23. The van der Waals surface area contributed by atoms with Crippen molar-refractivity contribution in [2.24, 2.45) is 5.92 Å². The predicted octanol–water partition coefficient (Wildman–Crippen LogP) is 3.85. The molecule has 3 heteroatoms. The monoisotopic (exact) mass is 276 g/mol. The number of pyridine rings is 1. The molecule has 1 aromatic heterocycles. The molecule has 1 N–H and O–H groups in total. The molecule has 0 atom stereocenters. The zero-order valence-electron chi connectivity index (χ0n) is 13.1. The number of nitrogens with one attached hydrogen (secondary N) is 1. The van der Waals surface area contributed by atoms with E-state index in [4.69, 9.17) is 4.74 Å². The van der Waals surface area contributed by atoms with Crippen LogP contribution in [0.15, 0.2) is 12.1 Å². The van der Waals surface area contributed by atoms with Crippen LogP contribution in [0.5, 0.6) is 5.88 Å². The number of aryl methyl sites for hydroxylation is 1. The smallest absolute Gasteiger partial charge is 0.214 e. The summed E-state index contributed by atoms with van der Waals surface area (Å²) in [5.41, 5.74) is 2.31. The van der Waals surface area contributed by atoms with Crippen LogP contribution in [-0.4, -0.2) is 17.6 Å². The van der Waals surface area contributed by atoms with Crippen molar-refractivity contribution in [3.8, 4) is 5.88 Å². The van der Waals surface area contributed by atoms with Crippen LogP contribution in [0.25, 0.3) is 0 Å². The van der Waals surface area contributed by atoms with E-state index < -0.39 is 0 Å². The molecule has 1 saturated carbocycles. The lowest BCUT2D eigenvalue weighted by atomic mass is 9.89. The largest absolute Gasteiger partial charge is 0.474 e. The van der Waals surface area contributed by atoms with Crippen molar-refractivity contribution in [3.05, 3.63) is 23.4 Å². The van der Waals surface area contributed by atoms with E-state index in [1.807, 2.05) is 6.92 Å². The zero-order chi connectivity index (χ0) is 14.4. The van der Waals surface area contributed by atoms with Gasteiger partial charge in [0.05, 0.1) is 0 Å². The first kappa shape index (κ1) is 15.3. The van der Waals surface area contributed by atoms with Crippen LogP contribution in [0.3, 0.4) is 0 Å². The van der Waals surface area contributed by atoms with Crippen molar-refractivity contribution in [1.82, 2.24) is 10.3 Å². The van der Waals surface area contributed by atoms with Crippen molar-refractivity contribution in [2.45, 2.75) is 65.5 Å². The van der Waals surface area contributed by atoms with Crippen LogP contribution in [0.1, 0.15) is 57.2 Å². The topological polar surface area (TPSA) is 34.2 Å². The highest BCUT2D eigenvalue weighted by molar-refractivity contribution is 5.24. The molecule has 0 aromatic carbocycles. The minimum atomic E-state index is 0.358. The van der Waals surface area contributed by atoms with Crippen LogP contribution in [0.2, 0.25) is 0 Å². The summed E-state index contributed by atoms with van der Waals surface area (Å²) in [6.07, 6.45) is 6.41. The maximum absolute atomic E-state index is 6.09. The molecular weight excluding hydrogens is 248 g/mol. The van der Waals surface area contributed by atoms with Gasteiger partial charge in [-0.1, -0.05) is 13.8 Å². The second-order valence-corrected chi connectivity index (χ2v) is 6.13. The Morgan fingerprint density at radius 1 is 1.25 bits per heavy atom. The van der Waals surface area contributed by atoms with Gasteiger partial charge in [0.1, 0.15) is 6.10 Å². The van der Waals surface area contributed by atoms with Crippen molar-refractivity contribution >= 4 is 0 Å². The van der Waals surface area contributed by atoms with E-state index >= 15 is 0 Å². The number of ether oxygens (including phenoxy) is 1. The molecule has 20 heavy (non-hydrogen) atoms. The van der Waals surface area contributed by atoms with E-state index in [0.29, 0.717) is 6.10 Å². The molecule has 0 unspecified atom stereocenters. The van der Waals surface area contributed by atoms with Gasteiger partial charge in [-0.25, -0.2) is 4.98 Å². The van der Waals surface area contributed by atoms with Crippen molar-refractivity contribution in [1.29, 1.82) is 0 Å². The SMILES string of the molecule is CCCNCc1cc(C)nc(OC2CCC(C)CC2)c1. The maximum Gasteiger partial charge on any atom is 0.214 e. The van der Waals surface area contributed by atoms with Gasteiger partial charge in [-0.2, -0.15) is 0 Å². The first-order chi connectivity index (χ1) is 9.67. The van der Waals surface area contributed by atoms with Gasteiger partial charge in [-0.3, -0.25) is 0 Å². The van der Waals surface area contributed by atoms with Gasteiger partial charge in [0.15, 0.2) is 0 Å². The fraction of sp³-hybridized carbons (Fsp3) is 0.706. The minimum absolute atomic E-state index is 0.358. The number of nitrogens with zero attached hydrogens (tertiary/aromatic N) is 1. The summed E-state index contributed by atoms with van der Waals surface area (Å²) < 4.78 is 6.09. The fourth-order valence-electron chi connectivity index (χ4n) is 2.80. The molecular formula is C17H28N2O. The third kappa shape index (κ3) is 4.78. The Balaban J connectivity index is 1.93. The van der Waals surface area contributed by atoms with Crippen molar-refractivity contribution < 1.29 is 4.74 Å². The first-order valence-electron chi connectivity index (χ1n) is 8.02. The molecule has 1 heterocycles. The fourth-order valence-corrected chi connectivity index (χ4v) is 2.80. The van der Waals surface area contributed by atoms with Gasteiger partial charge < -0.3 is 10.1 Å². The second-order valence-electron chi connectivity index (χ2n) is 6.13. The van der Waals surface area contributed by atoms with Gasteiger partial charge in [-0.05, 0) is 63.1 Å². The predicted molar refractivity (Wildman–Crippen MR) is 83.0 cm³/mol. The second kappa shape index (κ2) is 7.63. The zero-order valence-corrected chi connectivity index (χ0v) is 13.1. The van der Waals surface area contributed by atoms with Crippen LogP contribution in [-0.2, 0) is 6.54 Å². The Morgan fingerprint density at radius 2 is 2.00 bits per heavy atom. The van der Waals surface area contributed by atoms with Crippen LogP contribution in [0, 0.1) is 12.8 Å². The molecule has 1 aliphatic carbocycles. The van der Waals surface area contributed by atoms with Crippen LogP contribution < -0.4 is 10.1 Å². The molecule has 0 aliphatic heterocycles. The Kier molecular flexibility index (Phi) is 5.84. The molecule has 1 fully saturated rings. The first-order valence-corrected chi connectivity index (χ1v) is 8.02. The summed E-state index contributed by atoms with van der Waals surface area (Å²) in [5, 5.41) is 3.43. The quantitative estimate of drug-likeness (QED) is 0.801. The van der Waals surface area contributed by atoms with Crippen LogP contribution in [0.4, 0.5) is 0 Å². The molecule has 2 rings (SSSR count). The highest BCUT2D eigenvalue weighted by Gasteiger charge is 2.20. The van der Waals surface area contributed by atoms with Gasteiger partial charge in [0.2, 0.25) is 5.88 Å². The lowest BCUT2D eigenvalue weighted by Gasteiger charge is -2.26. The summed E-state index contributed by atoms with van der Waals surface area (Å²) in [7, 11) is 0. The van der Waals surface area contributed by atoms with E-state index in [9.17, 15) is 0 Å². The Labute approximate surface area is 123 Å². The molecule has 1 aromatic rings. The lowest BCUT2D eigenvalue weighted by Crippen LogP contribution is -2.23. The maximum atomic E-state index is 6.09. The number of hydrogen-bond acceptors (Lipinski definition) is 3. The average Bonchev–Trinajstić information content (AvgIpc) is 2.41. The van der Waals surface area contributed by atoms with Gasteiger partial charge in [0.25, 0.3) is 0 Å². The molecule has 0 radical (unpaired) electrons. The van der Waals surface area contributed by atoms with Gasteiger partial charge >= 0.3 is 0 Å². The summed E-state index contributed by atoms with van der Waals surface area (Å²) >= 11 is 0. The van der Waals surface area contributed by atoms with E-state index in [2.05, 4.69) is 36.3 Å². The third-order valence-electron chi connectivity index (χ3n) is 4.00. The Bertz CT molecular complexity index is 411. The van der Waals surface area contributed by atoms with E-state index in [-0.39, 0.29) is 0 Å².